The average molecular weight is 525 g/mol. The molecule has 1 aliphatic carbocycles. The van der Waals surface area contributed by atoms with Gasteiger partial charge in [0.1, 0.15) is 0 Å². The Morgan fingerprint density at radius 2 is 1.82 bits per heavy atom. The fraction of sp³-hybridized carbons (Fsp3) is 0.643. The van der Waals surface area contributed by atoms with Crippen molar-refractivity contribution in [3.8, 4) is 0 Å². The van der Waals surface area contributed by atoms with Gasteiger partial charge in [-0.3, -0.25) is 24.3 Å². The topological polar surface area (TPSA) is 105 Å². The van der Waals surface area contributed by atoms with Crippen molar-refractivity contribution in [2.24, 2.45) is 17.8 Å². The van der Waals surface area contributed by atoms with E-state index in [1.807, 2.05) is 38.1 Å². The summed E-state index contributed by atoms with van der Waals surface area (Å²) in [5.41, 5.74) is 5.10. The Labute approximate surface area is 224 Å². The van der Waals surface area contributed by atoms with Gasteiger partial charge in [0.05, 0.1) is 12.5 Å². The Morgan fingerprint density at radius 1 is 1.08 bits per heavy atom. The van der Waals surface area contributed by atoms with Crippen LogP contribution in [-0.2, 0) is 20.9 Å². The number of amides is 5. The summed E-state index contributed by atoms with van der Waals surface area (Å²) in [5, 5.41) is 4.61. The zero-order valence-electron chi connectivity index (χ0n) is 22.9. The highest BCUT2D eigenvalue weighted by Crippen LogP contribution is 2.41. The van der Waals surface area contributed by atoms with Gasteiger partial charge in [-0.15, -0.1) is 0 Å². The van der Waals surface area contributed by atoms with Gasteiger partial charge >= 0.3 is 6.03 Å². The number of anilines is 1. The summed E-state index contributed by atoms with van der Waals surface area (Å²) >= 11 is 0. The van der Waals surface area contributed by atoms with Gasteiger partial charge in [0.2, 0.25) is 17.7 Å². The molecule has 38 heavy (non-hydrogen) atoms. The second-order valence-corrected chi connectivity index (χ2v) is 11.8. The van der Waals surface area contributed by atoms with Crippen molar-refractivity contribution < 1.29 is 19.2 Å². The van der Waals surface area contributed by atoms with Gasteiger partial charge in [-0.2, -0.15) is 5.43 Å². The van der Waals surface area contributed by atoms with Crippen LogP contribution in [0, 0.1) is 17.8 Å². The van der Waals surface area contributed by atoms with Gasteiger partial charge in [-0.1, -0.05) is 26.0 Å². The fourth-order valence-electron chi connectivity index (χ4n) is 6.30. The van der Waals surface area contributed by atoms with Crippen LogP contribution in [0.4, 0.5) is 10.5 Å². The molecule has 1 saturated carbocycles. The molecule has 0 bridgehead atoms. The average Bonchev–Trinajstić information content (AvgIpc) is 3.45. The van der Waals surface area contributed by atoms with E-state index in [1.54, 1.807) is 19.7 Å². The smallest absolute Gasteiger partial charge is 0.337 e. The summed E-state index contributed by atoms with van der Waals surface area (Å²) in [5.74, 6) is 0.0538. The van der Waals surface area contributed by atoms with Crippen LogP contribution in [0.25, 0.3) is 0 Å². The molecule has 4 unspecified atom stereocenters. The Kier molecular flexibility index (Phi) is 7.35. The zero-order chi connectivity index (χ0) is 27.1. The molecule has 10 nitrogen and oxygen atoms in total. The van der Waals surface area contributed by atoms with E-state index in [9.17, 15) is 19.2 Å². The lowest BCUT2D eigenvalue weighted by atomic mass is 9.75. The Bertz CT molecular complexity index is 1090. The molecule has 3 heterocycles. The van der Waals surface area contributed by atoms with Crippen LogP contribution < -0.4 is 15.6 Å². The van der Waals surface area contributed by atoms with Crippen LogP contribution in [0.3, 0.4) is 0 Å². The molecule has 4 aliphatic rings. The number of hydrazine groups is 1. The number of rotatable bonds is 7. The number of nitrogens with zero attached hydrogens (tertiary/aromatic N) is 4. The lowest BCUT2D eigenvalue weighted by molar-refractivity contribution is -0.162. The first-order chi connectivity index (χ1) is 18.2. The quantitative estimate of drug-likeness (QED) is 0.571. The molecule has 0 spiro atoms. The van der Waals surface area contributed by atoms with Crippen LogP contribution in [-0.4, -0.2) is 70.0 Å². The third-order valence-corrected chi connectivity index (χ3v) is 8.27. The number of carbonyl (C=O) groups is 4. The molecule has 206 valence electrons. The van der Waals surface area contributed by atoms with Crippen molar-refractivity contribution >= 4 is 29.4 Å². The first-order valence-electron chi connectivity index (χ1n) is 14.0. The summed E-state index contributed by atoms with van der Waals surface area (Å²) < 4.78 is 0. The van der Waals surface area contributed by atoms with Crippen molar-refractivity contribution in [1.82, 2.24) is 25.6 Å². The van der Waals surface area contributed by atoms with Crippen LogP contribution in [0.15, 0.2) is 24.3 Å². The van der Waals surface area contributed by atoms with Gasteiger partial charge in [0.15, 0.2) is 6.29 Å². The lowest BCUT2D eigenvalue weighted by Crippen LogP contribution is -2.68. The number of hydrogen-bond donors (Lipinski definition) is 2. The summed E-state index contributed by atoms with van der Waals surface area (Å²) in [7, 11) is 0. The molecule has 4 atom stereocenters. The van der Waals surface area contributed by atoms with Crippen molar-refractivity contribution in [3.63, 3.8) is 0 Å². The monoisotopic (exact) mass is 524 g/mol. The maximum atomic E-state index is 13.8. The predicted molar refractivity (Wildman–Crippen MR) is 142 cm³/mol. The first-order valence-corrected chi connectivity index (χ1v) is 14.0. The highest BCUT2D eigenvalue weighted by molar-refractivity contribution is 5.95. The van der Waals surface area contributed by atoms with E-state index in [1.165, 1.54) is 0 Å². The number of fused-ring (bicyclic) bond motifs is 3. The van der Waals surface area contributed by atoms with Crippen molar-refractivity contribution in [2.45, 2.75) is 84.7 Å². The van der Waals surface area contributed by atoms with Crippen molar-refractivity contribution in [1.29, 1.82) is 0 Å². The second-order valence-electron chi connectivity index (χ2n) is 11.8. The molecular formula is C28H40N6O4. The molecule has 5 amide bonds. The Morgan fingerprint density at radius 3 is 2.45 bits per heavy atom. The maximum Gasteiger partial charge on any atom is 0.337 e. The van der Waals surface area contributed by atoms with Gasteiger partial charge in [0, 0.05) is 43.2 Å². The van der Waals surface area contributed by atoms with Gasteiger partial charge in [-0.05, 0) is 63.1 Å². The van der Waals surface area contributed by atoms with Gasteiger partial charge < -0.3 is 15.1 Å². The predicted octanol–water partition coefficient (Wildman–Crippen LogP) is 2.65. The van der Waals surface area contributed by atoms with E-state index < -0.39 is 6.29 Å². The third kappa shape index (κ3) is 4.86. The lowest BCUT2D eigenvalue weighted by Gasteiger charge is -2.51. The van der Waals surface area contributed by atoms with Crippen LogP contribution in [0.5, 0.6) is 0 Å². The summed E-state index contributed by atoms with van der Waals surface area (Å²) in [4.78, 5) is 57.7. The van der Waals surface area contributed by atoms with Gasteiger partial charge in [-0.25, -0.2) is 4.79 Å². The van der Waals surface area contributed by atoms with E-state index in [2.05, 4.69) is 24.6 Å². The molecule has 0 aromatic heterocycles. The highest BCUT2D eigenvalue weighted by Gasteiger charge is 2.56. The number of hydrogen-bond acceptors (Lipinski definition) is 5. The minimum absolute atomic E-state index is 0.0143. The summed E-state index contributed by atoms with van der Waals surface area (Å²) in [6.07, 6.45) is 2.62. The Hall–Kier alpha value is -3.14. The SMILES string of the molecule is CC(C)CNC(=O)C1CCC2C(=O)N(C(C)C)C3NN(Cc4ccc(N5CCCC5=O)cc4)C(=O)N3C2C1. The van der Waals surface area contributed by atoms with E-state index in [0.717, 1.165) is 24.2 Å². The fourth-order valence-corrected chi connectivity index (χ4v) is 6.30. The summed E-state index contributed by atoms with van der Waals surface area (Å²) in [6.45, 7) is 9.74. The molecule has 3 aliphatic heterocycles. The molecule has 5 rings (SSSR count). The molecule has 0 radical (unpaired) electrons. The molecule has 1 aromatic rings. The summed E-state index contributed by atoms with van der Waals surface area (Å²) in [6, 6.07) is 7.15. The number of nitrogens with one attached hydrogen (secondary N) is 2. The number of carbonyl (C=O) groups excluding carboxylic acids is 4. The Balaban J connectivity index is 1.33. The number of urea groups is 1. The standard InChI is InChI=1S/C28H40N6O4/c1-17(2)15-29-25(36)20-9-12-22-23(14-20)34-27(33(18(3)4)26(22)37)30-32(28(34)38)16-19-7-10-21(11-8-19)31-13-5-6-24(31)35/h7-8,10-11,17-18,20,22-23,27,30H,5-6,9,12-16H2,1-4H3,(H,29,36). The van der Waals surface area contributed by atoms with Crippen LogP contribution >= 0.6 is 0 Å². The molecule has 1 aromatic carbocycles. The van der Waals surface area contributed by atoms with Crippen LogP contribution in [0.2, 0.25) is 0 Å². The van der Waals surface area contributed by atoms with E-state index >= 15 is 0 Å². The van der Waals surface area contributed by atoms with E-state index in [4.69, 9.17) is 0 Å². The molecule has 3 saturated heterocycles. The minimum atomic E-state index is -0.574. The second kappa shape index (κ2) is 10.6. The zero-order valence-corrected chi connectivity index (χ0v) is 22.9. The molecule has 10 heteroatoms. The molecular weight excluding hydrogens is 484 g/mol. The highest BCUT2D eigenvalue weighted by atomic mass is 16.2. The normalized spacial score (nSPS) is 27.5. The minimum Gasteiger partial charge on any atom is -0.356 e. The largest absolute Gasteiger partial charge is 0.356 e. The van der Waals surface area contributed by atoms with E-state index in [0.29, 0.717) is 44.7 Å². The number of benzene rings is 1. The third-order valence-electron chi connectivity index (χ3n) is 8.27. The van der Waals surface area contributed by atoms with E-state index in [-0.39, 0.29) is 47.7 Å². The first kappa shape index (κ1) is 26.5. The van der Waals surface area contributed by atoms with Crippen molar-refractivity contribution in [2.75, 3.05) is 18.0 Å². The maximum absolute atomic E-state index is 13.8. The van der Waals surface area contributed by atoms with Crippen molar-refractivity contribution in [3.05, 3.63) is 29.8 Å². The van der Waals surface area contributed by atoms with Gasteiger partial charge in [0.25, 0.3) is 0 Å². The molecule has 2 N–H and O–H groups in total. The molecule has 4 fully saturated rings. The van der Waals surface area contributed by atoms with Crippen LogP contribution in [0.1, 0.15) is 65.4 Å².